The average molecular weight is 280 g/mol. The van der Waals surface area contributed by atoms with Gasteiger partial charge in [-0.3, -0.25) is 4.79 Å². The van der Waals surface area contributed by atoms with Crippen LogP contribution in [0.25, 0.3) is 10.9 Å². The fourth-order valence-corrected chi connectivity index (χ4v) is 2.98. The van der Waals surface area contributed by atoms with Crippen LogP contribution in [-0.2, 0) is 24.2 Å². The van der Waals surface area contributed by atoms with Crippen LogP contribution in [0.1, 0.15) is 17.0 Å². The molecule has 0 atom stereocenters. The molecule has 0 saturated carbocycles. The van der Waals surface area contributed by atoms with Crippen LogP contribution in [0.5, 0.6) is 0 Å². The number of H-pyrrole nitrogens is 2. The van der Waals surface area contributed by atoms with Gasteiger partial charge in [0.15, 0.2) is 0 Å². The molecule has 5 heteroatoms. The topological polar surface area (TPSA) is 64.8 Å². The highest BCUT2D eigenvalue weighted by molar-refractivity contribution is 5.88. The molecule has 21 heavy (non-hydrogen) atoms. The highest BCUT2D eigenvalue weighted by Crippen LogP contribution is 2.20. The van der Waals surface area contributed by atoms with Crippen LogP contribution in [-0.4, -0.2) is 32.3 Å². The number of aromatic amines is 2. The summed E-state index contributed by atoms with van der Waals surface area (Å²) in [4.78, 5) is 25.0. The van der Waals surface area contributed by atoms with Gasteiger partial charge in [0.1, 0.15) is 0 Å². The molecule has 1 aliphatic rings. The minimum Gasteiger partial charge on any atom is -0.361 e. The highest BCUT2D eigenvalue weighted by Gasteiger charge is 2.22. The number of fused-ring (bicyclic) bond motifs is 2. The molecular weight excluding hydrogens is 264 g/mol. The predicted molar refractivity (Wildman–Crippen MR) is 79.7 cm³/mol. The van der Waals surface area contributed by atoms with Gasteiger partial charge in [-0.05, 0) is 11.6 Å². The lowest BCUT2D eigenvalue weighted by Crippen LogP contribution is -2.36. The molecule has 0 unspecified atom stereocenters. The summed E-state index contributed by atoms with van der Waals surface area (Å²) in [5.41, 5.74) is 4.29. The fraction of sp³-hybridized carbons (Fsp3) is 0.250. The molecule has 1 amide bonds. The smallest absolute Gasteiger partial charge is 0.227 e. The quantitative estimate of drug-likeness (QED) is 0.754. The van der Waals surface area contributed by atoms with Crippen molar-refractivity contribution < 1.29 is 4.79 Å². The van der Waals surface area contributed by atoms with Crippen LogP contribution in [0.3, 0.4) is 0 Å². The SMILES string of the molecule is O=C(Cc1c[nH]c2ccccc12)N1CCc2nc[nH]c2C1. The summed E-state index contributed by atoms with van der Waals surface area (Å²) in [7, 11) is 0. The molecule has 3 heterocycles. The first kappa shape index (κ1) is 12.2. The van der Waals surface area contributed by atoms with Gasteiger partial charge in [0, 0.05) is 30.1 Å². The van der Waals surface area contributed by atoms with Crippen LogP contribution in [0.15, 0.2) is 36.8 Å². The van der Waals surface area contributed by atoms with Crippen molar-refractivity contribution in [2.45, 2.75) is 19.4 Å². The monoisotopic (exact) mass is 280 g/mol. The first-order valence-electron chi connectivity index (χ1n) is 7.15. The maximum Gasteiger partial charge on any atom is 0.227 e. The van der Waals surface area contributed by atoms with E-state index in [1.807, 2.05) is 29.3 Å². The third-order valence-corrected chi connectivity index (χ3v) is 4.14. The van der Waals surface area contributed by atoms with Crippen molar-refractivity contribution in [1.29, 1.82) is 0 Å². The van der Waals surface area contributed by atoms with Gasteiger partial charge in [0.05, 0.1) is 30.7 Å². The van der Waals surface area contributed by atoms with Crippen molar-refractivity contribution >= 4 is 16.8 Å². The van der Waals surface area contributed by atoms with Gasteiger partial charge in [0.2, 0.25) is 5.91 Å². The summed E-state index contributed by atoms with van der Waals surface area (Å²) in [6.07, 6.45) is 4.92. The van der Waals surface area contributed by atoms with Crippen molar-refractivity contribution in [1.82, 2.24) is 19.9 Å². The second kappa shape index (κ2) is 4.77. The molecule has 4 rings (SSSR count). The lowest BCUT2D eigenvalue weighted by atomic mass is 10.1. The molecule has 106 valence electrons. The zero-order chi connectivity index (χ0) is 14.2. The Labute approximate surface area is 122 Å². The number of hydrogen-bond donors (Lipinski definition) is 2. The first-order chi connectivity index (χ1) is 10.3. The molecule has 0 bridgehead atoms. The normalized spacial score (nSPS) is 14.4. The van der Waals surface area contributed by atoms with Crippen molar-refractivity contribution in [3.63, 3.8) is 0 Å². The Morgan fingerprint density at radius 3 is 3.14 bits per heavy atom. The van der Waals surface area contributed by atoms with E-state index in [0.717, 1.165) is 40.8 Å². The Hall–Kier alpha value is -2.56. The number of aromatic nitrogens is 3. The van der Waals surface area contributed by atoms with Crippen molar-refractivity contribution in [2.75, 3.05) is 6.54 Å². The Kier molecular flexibility index (Phi) is 2.77. The predicted octanol–water partition coefficient (Wildman–Crippen LogP) is 2.02. The highest BCUT2D eigenvalue weighted by atomic mass is 16.2. The van der Waals surface area contributed by atoms with E-state index in [4.69, 9.17) is 0 Å². The van der Waals surface area contributed by atoms with Crippen LogP contribution >= 0.6 is 0 Å². The number of nitrogens with one attached hydrogen (secondary N) is 2. The van der Waals surface area contributed by atoms with Crippen molar-refractivity contribution in [2.24, 2.45) is 0 Å². The molecule has 0 radical (unpaired) electrons. The second-order valence-electron chi connectivity index (χ2n) is 5.43. The maximum absolute atomic E-state index is 12.5. The van der Waals surface area contributed by atoms with E-state index in [1.165, 1.54) is 0 Å². The van der Waals surface area contributed by atoms with E-state index in [0.29, 0.717) is 13.0 Å². The molecule has 1 aliphatic heterocycles. The summed E-state index contributed by atoms with van der Waals surface area (Å²) < 4.78 is 0. The number of rotatable bonds is 2. The maximum atomic E-state index is 12.5. The number of benzene rings is 1. The van der Waals surface area contributed by atoms with Gasteiger partial charge >= 0.3 is 0 Å². The lowest BCUT2D eigenvalue weighted by molar-refractivity contribution is -0.131. The third kappa shape index (κ3) is 2.11. The van der Waals surface area contributed by atoms with Crippen LogP contribution in [0.2, 0.25) is 0 Å². The number of imidazole rings is 1. The lowest BCUT2D eigenvalue weighted by Gasteiger charge is -2.26. The number of carbonyl (C=O) groups excluding carboxylic acids is 1. The Bertz CT molecular complexity index is 801. The van der Waals surface area contributed by atoms with Gasteiger partial charge in [-0.25, -0.2) is 4.98 Å². The van der Waals surface area contributed by atoms with Crippen LogP contribution < -0.4 is 0 Å². The molecule has 1 aromatic carbocycles. The summed E-state index contributed by atoms with van der Waals surface area (Å²) in [6.45, 7) is 1.38. The van der Waals surface area contributed by atoms with Crippen molar-refractivity contribution in [3.8, 4) is 0 Å². The van der Waals surface area contributed by atoms with E-state index in [-0.39, 0.29) is 5.91 Å². The summed E-state index contributed by atoms with van der Waals surface area (Å²) in [6, 6.07) is 8.08. The van der Waals surface area contributed by atoms with Crippen LogP contribution in [0, 0.1) is 0 Å². The molecule has 0 saturated heterocycles. The van der Waals surface area contributed by atoms with Gasteiger partial charge in [-0.1, -0.05) is 18.2 Å². The third-order valence-electron chi connectivity index (χ3n) is 4.14. The van der Waals surface area contributed by atoms with Gasteiger partial charge in [0.25, 0.3) is 0 Å². The minimum absolute atomic E-state index is 0.167. The molecule has 2 aromatic heterocycles. The molecule has 3 aromatic rings. The summed E-state index contributed by atoms with van der Waals surface area (Å²) >= 11 is 0. The first-order valence-corrected chi connectivity index (χ1v) is 7.15. The fourth-order valence-electron chi connectivity index (χ4n) is 2.98. The number of amides is 1. The van der Waals surface area contributed by atoms with E-state index in [2.05, 4.69) is 21.0 Å². The minimum atomic E-state index is 0.167. The zero-order valence-corrected chi connectivity index (χ0v) is 11.6. The molecule has 5 nitrogen and oxygen atoms in total. The average Bonchev–Trinajstić information content (AvgIpc) is 3.13. The summed E-state index contributed by atoms with van der Waals surface area (Å²) in [5.74, 6) is 0.167. The largest absolute Gasteiger partial charge is 0.361 e. The number of para-hydroxylation sites is 1. The molecular formula is C16H16N4O. The Morgan fingerprint density at radius 2 is 2.19 bits per heavy atom. The number of hydrogen-bond acceptors (Lipinski definition) is 2. The molecule has 0 spiro atoms. The van der Waals surface area contributed by atoms with E-state index < -0.39 is 0 Å². The van der Waals surface area contributed by atoms with Gasteiger partial charge in [-0.2, -0.15) is 0 Å². The molecule has 0 aliphatic carbocycles. The number of nitrogens with zero attached hydrogens (tertiary/aromatic N) is 2. The molecule has 2 N–H and O–H groups in total. The van der Waals surface area contributed by atoms with E-state index in [1.54, 1.807) is 6.33 Å². The second-order valence-corrected chi connectivity index (χ2v) is 5.43. The molecule has 0 fully saturated rings. The number of carbonyl (C=O) groups is 1. The Balaban J connectivity index is 1.54. The summed E-state index contributed by atoms with van der Waals surface area (Å²) in [5, 5.41) is 1.13. The zero-order valence-electron chi connectivity index (χ0n) is 11.6. The van der Waals surface area contributed by atoms with E-state index >= 15 is 0 Å². The van der Waals surface area contributed by atoms with Gasteiger partial charge < -0.3 is 14.9 Å². The van der Waals surface area contributed by atoms with Crippen molar-refractivity contribution in [3.05, 3.63) is 53.7 Å². The van der Waals surface area contributed by atoms with Gasteiger partial charge in [-0.15, -0.1) is 0 Å². The van der Waals surface area contributed by atoms with E-state index in [9.17, 15) is 4.79 Å². The standard InChI is InChI=1S/C16H16N4O/c21-16(20-6-5-14-15(9-20)19-10-18-14)7-11-8-17-13-4-2-1-3-12(11)13/h1-4,8,10,17H,5-7,9H2,(H,18,19). The van der Waals surface area contributed by atoms with Crippen LogP contribution in [0.4, 0.5) is 0 Å². The Morgan fingerprint density at radius 1 is 1.29 bits per heavy atom.